The number of rotatable bonds is 11. The molecule has 45 heavy (non-hydrogen) atoms. The topological polar surface area (TPSA) is 131 Å². The van der Waals surface area contributed by atoms with Crippen molar-refractivity contribution in [1.82, 2.24) is 0 Å². The predicted molar refractivity (Wildman–Crippen MR) is 171 cm³/mol. The minimum atomic E-state index is -3.00. The summed E-state index contributed by atoms with van der Waals surface area (Å²) in [6.07, 6.45) is 1.29. The molecule has 10 nitrogen and oxygen atoms in total. The number of ether oxygens (including phenoxy) is 2. The molecule has 0 aromatic heterocycles. The molecule has 1 aliphatic rings. The van der Waals surface area contributed by atoms with Crippen LogP contribution in [-0.4, -0.2) is 54.4 Å². The van der Waals surface area contributed by atoms with Crippen LogP contribution in [0.25, 0.3) is 0 Å². The van der Waals surface area contributed by atoms with Gasteiger partial charge in [-0.15, -0.1) is 0 Å². The highest BCUT2D eigenvalue weighted by Crippen LogP contribution is 2.32. The van der Waals surface area contributed by atoms with Gasteiger partial charge in [-0.3, -0.25) is 9.69 Å². The van der Waals surface area contributed by atoms with Gasteiger partial charge in [0.05, 0.1) is 23.7 Å². The Balaban J connectivity index is 1.45. The molecule has 3 N–H and O–H groups in total. The lowest BCUT2D eigenvalue weighted by Crippen LogP contribution is -2.31. The number of nitrogens with one attached hydrogen (secondary N) is 1. The van der Waals surface area contributed by atoms with Gasteiger partial charge in [0.1, 0.15) is 24.5 Å². The van der Waals surface area contributed by atoms with Gasteiger partial charge in [-0.1, -0.05) is 23.9 Å². The van der Waals surface area contributed by atoms with Crippen molar-refractivity contribution < 1.29 is 32.2 Å². The summed E-state index contributed by atoms with van der Waals surface area (Å²) in [5, 5.41) is 2.87. The summed E-state index contributed by atoms with van der Waals surface area (Å²) in [5.74, 6) is -2.68. The van der Waals surface area contributed by atoms with Crippen molar-refractivity contribution in [3.63, 3.8) is 0 Å². The predicted octanol–water partition coefficient (Wildman–Crippen LogP) is 6.51. The maximum absolute atomic E-state index is 13.3. The fourth-order valence-electron chi connectivity index (χ4n) is 4.14. The van der Waals surface area contributed by atoms with Crippen LogP contribution in [0.1, 0.15) is 29.2 Å². The molecule has 0 spiro atoms. The zero-order chi connectivity index (χ0) is 32.6. The van der Waals surface area contributed by atoms with Crippen LogP contribution in [0.3, 0.4) is 0 Å². The number of benzene rings is 3. The smallest absolute Gasteiger partial charge is 0.347 e. The number of nitrogens with zero attached hydrogens (tertiary/aromatic N) is 4. The molecule has 1 fully saturated rings. The largest absolute Gasteiger partial charge is 0.463 e. The molecule has 236 valence electrons. The Morgan fingerprint density at radius 2 is 1.89 bits per heavy atom. The Bertz CT molecular complexity index is 1640. The van der Waals surface area contributed by atoms with Gasteiger partial charge >= 0.3 is 6.03 Å². The van der Waals surface area contributed by atoms with Crippen LogP contribution in [0, 0.1) is 13.8 Å². The minimum absolute atomic E-state index is 0.0574. The summed E-state index contributed by atoms with van der Waals surface area (Å²) in [6.45, 7) is 2.51. The van der Waals surface area contributed by atoms with Gasteiger partial charge in [0, 0.05) is 23.7 Å². The molecule has 1 aliphatic heterocycles. The number of amides is 3. The number of aryl methyl sites for hydroxylation is 2. The molecule has 0 aliphatic carbocycles. The molecule has 0 atom stereocenters. The van der Waals surface area contributed by atoms with Crippen LogP contribution in [0.5, 0.6) is 5.75 Å². The fraction of sp³-hybridized carbons (Fsp3) is 0.258. The molecule has 14 heteroatoms. The van der Waals surface area contributed by atoms with E-state index in [1.54, 1.807) is 67.6 Å². The van der Waals surface area contributed by atoms with Gasteiger partial charge in [0.15, 0.2) is 5.17 Å². The SMILES string of the molecule is Cc1ccc(COCC(C)(F)F)c(N2C(=O)CS/C2=N\C(=O)Nc2ccc(C(N)=NC=Nc3ccc(OCF)cc3)cc2C)c1. The number of carbonyl (C=O) groups excluding carboxylic acids is 2. The number of thioether (sulfide) groups is 1. The van der Waals surface area contributed by atoms with E-state index in [2.05, 4.69) is 20.3 Å². The van der Waals surface area contributed by atoms with E-state index in [0.29, 0.717) is 39.5 Å². The molecule has 1 heterocycles. The van der Waals surface area contributed by atoms with Crippen LogP contribution in [0.2, 0.25) is 0 Å². The number of carbonyl (C=O) groups is 2. The lowest BCUT2D eigenvalue weighted by Gasteiger charge is -2.21. The van der Waals surface area contributed by atoms with Gasteiger partial charge in [-0.2, -0.15) is 4.99 Å². The van der Waals surface area contributed by atoms with Crippen molar-refractivity contribution in [2.45, 2.75) is 33.3 Å². The summed E-state index contributed by atoms with van der Waals surface area (Å²) in [4.78, 5) is 39.6. The van der Waals surface area contributed by atoms with Crippen LogP contribution in [-0.2, 0) is 16.1 Å². The third kappa shape index (κ3) is 9.40. The average molecular weight is 641 g/mol. The quantitative estimate of drug-likeness (QED) is 0.181. The Kier molecular flexibility index (Phi) is 11.0. The van der Waals surface area contributed by atoms with E-state index in [1.807, 2.05) is 6.92 Å². The first-order chi connectivity index (χ1) is 21.4. The molecule has 0 bridgehead atoms. The minimum Gasteiger partial charge on any atom is -0.463 e. The number of alkyl halides is 3. The van der Waals surface area contributed by atoms with Crippen molar-refractivity contribution in [1.29, 1.82) is 0 Å². The number of nitrogens with two attached hydrogens (primary N) is 1. The molecule has 3 amide bonds. The average Bonchev–Trinajstić information content (AvgIpc) is 3.34. The standard InChI is InChI=1S/C31H31F3N6O4S/c1-19-4-5-22(14-43-16-31(3,33)34)26(12-19)40-27(41)15-45-30(40)39-29(42)38-25-11-6-21(13-20(25)2)28(35)37-18-36-23-7-9-24(10-8-23)44-17-32/h4-13,18H,14-17H2,1-3H3,(H,38,42)(H2,35,36,37)/b39-30-. The molecular weight excluding hydrogens is 609 g/mol. The zero-order valence-electron chi connectivity index (χ0n) is 24.7. The van der Waals surface area contributed by atoms with E-state index in [9.17, 15) is 22.8 Å². The van der Waals surface area contributed by atoms with Crippen LogP contribution in [0.4, 0.5) is 35.0 Å². The van der Waals surface area contributed by atoms with Gasteiger partial charge in [0.2, 0.25) is 12.8 Å². The molecular formula is C31H31F3N6O4S. The second-order valence-electron chi connectivity index (χ2n) is 10.1. The molecule has 3 aromatic rings. The number of amidine groups is 2. The highest BCUT2D eigenvalue weighted by molar-refractivity contribution is 8.15. The van der Waals surface area contributed by atoms with Gasteiger partial charge in [-0.25, -0.2) is 28.0 Å². The fourth-order valence-corrected chi connectivity index (χ4v) is 5.00. The molecule has 1 saturated heterocycles. The van der Waals surface area contributed by atoms with E-state index in [4.69, 9.17) is 15.2 Å². The van der Waals surface area contributed by atoms with E-state index in [1.165, 1.54) is 11.2 Å². The third-order valence-corrected chi connectivity index (χ3v) is 7.21. The first-order valence-electron chi connectivity index (χ1n) is 13.6. The van der Waals surface area contributed by atoms with E-state index in [0.717, 1.165) is 24.2 Å². The Hall–Kier alpha value is -4.69. The normalized spacial score (nSPS) is 14.9. The molecule has 0 saturated carbocycles. The lowest BCUT2D eigenvalue weighted by atomic mass is 10.1. The highest BCUT2D eigenvalue weighted by Gasteiger charge is 2.32. The zero-order valence-corrected chi connectivity index (χ0v) is 25.5. The number of hydrogen-bond donors (Lipinski definition) is 2. The van der Waals surface area contributed by atoms with Gasteiger partial charge in [-0.05, 0) is 73.5 Å². The van der Waals surface area contributed by atoms with Crippen molar-refractivity contribution in [3.8, 4) is 5.75 Å². The Morgan fingerprint density at radius 1 is 1.13 bits per heavy atom. The first-order valence-corrected chi connectivity index (χ1v) is 14.6. The molecule has 4 rings (SSSR count). The summed E-state index contributed by atoms with van der Waals surface area (Å²) in [6, 6.07) is 16.0. The molecule has 0 unspecified atom stereocenters. The van der Waals surface area contributed by atoms with Crippen LogP contribution >= 0.6 is 11.8 Å². The summed E-state index contributed by atoms with van der Waals surface area (Å²) >= 11 is 1.09. The molecule has 3 aromatic carbocycles. The number of aliphatic imine (C=N–C) groups is 3. The second-order valence-corrected chi connectivity index (χ2v) is 11.0. The monoisotopic (exact) mass is 640 g/mol. The van der Waals surface area contributed by atoms with Crippen molar-refractivity contribution >= 4 is 58.1 Å². The number of hydrogen-bond acceptors (Lipinski definition) is 6. The lowest BCUT2D eigenvalue weighted by molar-refractivity contribution is -0.115. The van der Waals surface area contributed by atoms with Gasteiger partial charge < -0.3 is 20.5 Å². The summed E-state index contributed by atoms with van der Waals surface area (Å²) in [7, 11) is 0. The van der Waals surface area contributed by atoms with Crippen LogP contribution < -0.4 is 20.7 Å². The van der Waals surface area contributed by atoms with Crippen molar-refractivity contribution in [2.75, 3.05) is 29.4 Å². The van der Waals surface area contributed by atoms with Gasteiger partial charge in [0.25, 0.3) is 5.92 Å². The summed E-state index contributed by atoms with van der Waals surface area (Å²) < 4.78 is 48.8. The van der Waals surface area contributed by atoms with E-state index >= 15 is 0 Å². The number of urea groups is 1. The number of halogens is 3. The number of anilines is 2. The Labute approximate surface area is 262 Å². The van der Waals surface area contributed by atoms with Crippen LogP contribution in [0.15, 0.2) is 75.6 Å². The Morgan fingerprint density at radius 3 is 2.58 bits per heavy atom. The van der Waals surface area contributed by atoms with E-state index < -0.39 is 25.4 Å². The maximum atomic E-state index is 13.3. The summed E-state index contributed by atoms with van der Waals surface area (Å²) in [5.41, 5.74) is 10.2. The van der Waals surface area contributed by atoms with Crippen molar-refractivity contribution in [3.05, 3.63) is 82.9 Å². The van der Waals surface area contributed by atoms with E-state index in [-0.39, 0.29) is 29.3 Å². The first kappa shape index (κ1) is 33.2. The molecule has 0 radical (unpaired) electrons. The van der Waals surface area contributed by atoms with Crippen molar-refractivity contribution in [2.24, 2.45) is 20.7 Å². The third-order valence-electron chi connectivity index (χ3n) is 6.28. The second kappa shape index (κ2) is 14.9. The maximum Gasteiger partial charge on any atom is 0.347 e. The highest BCUT2D eigenvalue weighted by atomic mass is 32.2.